The number of pyridine rings is 1. The van der Waals surface area contributed by atoms with Gasteiger partial charge in [0.05, 0.1) is 11.2 Å². The van der Waals surface area contributed by atoms with Gasteiger partial charge in [-0.2, -0.15) is 0 Å². The molecular formula is C21H18N2O. The number of benzene rings is 2. The van der Waals surface area contributed by atoms with Crippen molar-refractivity contribution < 1.29 is 4.79 Å². The lowest BCUT2D eigenvalue weighted by Gasteiger charge is -2.07. The van der Waals surface area contributed by atoms with Crippen LogP contribution in [0.3, 0.4) is 0 Å². The van der Waals surface area contributed by atoms with Crippen LogP contribution in [0, 0.1) is 6.92 Å². The molecule has 0 unspecified atom stereocenters. The van der Waals surface area contributed by atoms with E-state index in [-0.39, 0.29) is 5.78 Å². The van der Waals surface area contributed by atoms with Crippen LogP contribution in [0.1, 0.15) is 22.8 Å². The zero-order valence-corrected chi connectivity index (χ0v) is 14.0. The molecule has 0 aliphatic rings. The maximum absolute atomic E-state index is 12.1. The molecular weight excluding hydrogens is 296 g/mol. The van der Waals surface area contributed by atoms with Crippen LogP contribution in [-0.2, 0) is 7.05 Å². The van der Waals surface area contributed by atoms with E-state index < -0.39 is 0 Å². The fraction of sp³-hybridized carbons (Fsp3) is 0.143. The van der Waals surface area contributed by atoms with Crippen molar-refractivity contribution in [2.45, 2.75) is 13.8 Å². The van der Waals surface area contributed by atoms with Crippen LogP contribution in [0.25, 0.3) is 33.1 Å². The standard InChI is InChI=1S/C21H18N2O/c1-13-8-9-21-17(10-13)18(12-23(21)3)20-11-16(14(2)24)15-6-4-5-7-19(15)22-20/h4-12H,1-3H3. The van der Waals surface area contributed by atoms with Crippen molar-refractivity contribution in [1.82, 2.24) is 9.55 Å². The van der Waals surface area contributed by atoms with Crippen LogP contribution in [0.4, 0.5) is 0 Å². The second-order valence-electron chi connectivity index (χ2n) is 6.30. The first-order valence-corrected chi connectivity index (χ1v) is 8.01. The Kier molecular flexibility index (Phi) is 3.24. The monoisotopic (exact) mass is 314 g/mol. The van der Waals surface area contributed by atoms with E-state index in [9.17, 15) is 4.79 Å². The van der Waals surface area contributed by atoms with Gasteiger partial charge in [-0.05, 0) is 38.1 Å². The molecule has 0 saturated heterocycles. The first-order chi connectivity index (χ1) is 11.5. The molecule has 2 aromatic carbocycles. The third-order valence-electron chi connectivity index (χ3n) is 4.52. The Bertz CT molecular complexity index is 1110. The summed E-state index contributed by atoms with van der Waals surface area (Å²) in [5.41, 5.74) is 5.85. The minimum absolute atomic E-state index is 0.0614. The summed E-state index contributed by atoms with van der Waals surface area (Å²) in [7, 11) is 2.04. The number of aromatic nitrogens is 2. The van der Waals surface area contributed by atoms with Gasteiger partial charge in [-0.3, -0.25) is 4.79 Å². The summed E-state index contributed by atoms with van der Waals surface area (Å²) in [4.78, 5) is 16.9. The van der Waals surface area contributed by atoms with Gasteiger partial charge in [0.15, 0.2) is 5.78 Å². The molecule has 118 valence electrons. The Balaban J connectivity index is 2.07. The van der Waals surface area contributed by atoms with Crippen LogP contribution >= 0.6 is 0 Å². The molecule has 0 saturated carbocycles. The highest BCUT2D eigenvalue weighted by Crippen LogP contribution is 2.32. The molecule has 24 heavy (non-hydrogen) atoms. The Morgan fingerprint density at radius 1 is 1.04 bits per heavy atom. The van der Waals surface area contributed by atoms with Gasteiger partial charge in [-0.15, -0.1) is 0 Å². The second kappa shape index (κ2) is 5.31. The molecule has 4 rings (SSSR count). The average Bonchev–Trinajstić information content (AvgIpc) is 2.90. The van der Waals surface area contributed by atoms with Gasteiger partial charge < -0.3 is 4.57 Å². The number of ketones is 1. The smallest absolute Gasteiger partial charge is 0.160 e. The number of hydrogen-bond acceptors (Lipinski definition) is 2. The zero-order valence-electron chi connectivity index (χ0n) is 14.0. The summed E-state index contributed by atoms with van der Waals surface area (Å²) in [6.45, 7) is 3.70. The van der Waals surface area contributed by atoms with Crippen LogP contribution in [-0.4, -0.2) is 15.3 Å². The van der Waals surface area contributed by atoms with Gasteiger partial charge in [0.25, 0.3) is 0 Å². The van der Waals surface area contributed by atoms with E-state index in [1.165, 1.54) is 5.56 Å². The molecule has 3 heteroatoms. The van der Waals surface area contributed by atoms with Gasteiger partial charge >= 0.3 is 0 Å². The van der Waals surface area contributed by atoms with Crippen molar-refractivity contribution in [3.8, 4) is 11.3 Å². The lowest BCUT2D eigenvalue weighted by Crippen LogP contribution is -1.97. The molecule has 3 nitrogen and oxygen atoms in total. The van der Waals surface area contributed by atoms with E-state index in [1.54, 1.807) is 6.92 Å². The Morgan fingerprint density at radius 2 is 1.83 bits per heavy atom. The van der Waals surface area contributed by atoms with Gasteiger partial charge in [0, 0.05) is 40.7 Å². The first kappa shape index (κ1) is 14.6. The molecule has 0 amide bonds. The fourth-order valence-corrected chi connectivity index (χ4v) is 3.31. The predicted octanol–water partition coefficient (Wildman–Crippen LogP) is 4.90. The third kappa shape index (κ3) is 2.21. The van der Waals surface area contributed by atoms with Crippen molar-refractivity contribution in [3.63, 3.8) is 0 Å². The number of nitrogens with zero attached hydrogens (tertiary/aromatic N) is 2. The van der Waals surface area contributed by atoms with Crippen LogP contribution in [0.2, 0.25) is 0 Å². The molecule has 0 bridgehead atoms. The van der Waals surface area contributed by atoms with Crippen molar-refractivity contribution in [3.05, 3.63) is 65.9 Å². The van der Waals surface area contributed by atoms with E-state index >= 15 is 0 Å². The zero-order chi connectivity index (χ0) is 16.8. The minimum atomic E-state index is 0.0614. The van der Waals surface area contributed by atoms with Crippen LogP contribution in [0.15, 0.2) is 54.7 Å². The van der Waals surface area contributed by atoms with Crippen molar-refractivity contribution in [1.29, 1.82) is 0 Å². The molecule has 4 aromatic rings. The van der Waals surface area contributed by atoms with Crippen molar-refractivity contribution in [2.75, 3.05) is 0 Å². The van der Waals surface area contributed by atoms with Crippen molar-refractivity contribution in [2.24, 2.45) is 7.05 Å². The average molecular weight is 314 g/mol. The number of fused-ring (bicyclic) bond motifs is 2. The quantitative estimate of drug-likeness (QED) is 0.493. The number of Topliss-reactive ketones (excluding diaryl/α,β-unsaturated/α-hetero) is 1. The van der Waals surface area contributed by atoms with E-state index in [4.69, 9.17) is 4.98 Å². The second-order valence-corrected chi connectivity index (χ2v) is 6.30. The minimum Gasteiger partial charge on any atom is -0.350 e. The fourth-order valence-electron chi connectivity index (χ4n) is 3.31. The molecule has 0 radical (unpaired) electrons. The van der Waals surface area contributed by atoms with Gasteiger partial charge in [0.2, 0.25) is 0 Å². The highest BCUT2D eigenvalue weighted by atomic mass is 16.1. The van der Waals surface area contributed by atoms with Gasteiger partial charge in [0.1, 0.15) is 0 Å². The number of rotatable bonds is 2. The summed E-state index contributed by atoms with van der Waals surface area (Å²) in [6.07, 6.45) is 2.09. The lowest BCUT2D eigenvalue weighted by atomic mass is 10.0. The van der Waals surface area contributed by atoms with Gasteiger partial charge in [-0.25, -0.2) is 4.98 Å². The van der Waals surface area contributed by atoms with E-state index in [1.807, 2.05) is 37.4 Å². The summed E-state index contributed by atoms with van der Waals surface area (Å²) < 4.78 is 2.11. The third-order valence-corrected chi connectivity index (χ3v) is 4.52. The van der Waals surface area contributed by atoms with E-state index in [0.29, 0.717) is 0 Å². The summed E-state index contributed by atoms with van der Waals surface area (Å²) >= 11 is 0. The Morgan fingerprint density at radius 3 is 2.62 bits per heavy atom. The summed E-state index contributed by atoms with van der Waals surface area (Å²) in [5, 5.41) is 2.07. The summed E-state index contributed by atoms with van der Waals surface area (Å²) in [5.74, 6) is 0.0614. The largest absolute Gasteiger partial charge is 0.350 e. The lowest BCUT2D eigenvalue weighted by molar-refractivity contribution is 0.101. The van der Waals surface area contributed by atoms with Crippen LogP contribution < -0.4 is 0 Å². The molecule has 2 aromatic heterocycles. The highest BCUT2D eigenvalue weighted by molar-refractivity contribution is 6.08. The maximum atomic E-state index is 12.1. The molecule has 0 spiro atoms. The summed E-state index contributed by atoms with van der Waals surface area (Å²) in [6, 6.07) is 16.1. The number of aryl methyl sites for hydroxylation is 2. The number of carbonyl (C=O) groups excluding carboxylic acids is 1. The molecule has 0 aliphatic heterocycles. The van der Waals surface area contributed by atoms with Gasteiger partial charge in [-0.1, -0.05) is 29.8 Å². The number of carbonyl (C=O) groups is 1. The number of hydrogen-bond donors (Lipinski definition) is 0. The maximum Gasteiger partial charge on any atom is 0.160 e. The van der Waals surface area contributed by atoms with Crippen LogP contribution in [0.5, 0.6) is 0 Å². The normalized spacial score (nSPS) is 11.3. The Hall–Kier alpha value is -2.94. The van der Waals surface area contributed by atoms with Crippen molar-refractivity contribution >= 4 is 27.6 Å². The SMILES string of the molecule is CC(=O)c1cc(-c2cn(C)c3ccc(C)cc23)nc2ccccc12. The topological polar surface area (TPSA) is 34.9 Å². The van der Waals surface area contributed by atoms with E-state index in [0.717, 1.165) is 38.6 Å². The molecule has 0 aliphatic carbocycles. The number of para-hydroxylation sites is 1. The highest BCUT2D eigenvalue weighted by Gasteiger charge is 2.14. The first-order valence-electron chi connectivity index (χ1n) is 8.01. The molecule has 0 fully saturated rings. The Labute approximate surface area is 140 Å². The molecule has 0 N–H and O–H groups in total. The predicted molar refractivity (Wildman–Crippen MR) is 98.4 cm³/mol. The molecule has 0 atom stereocenters. The van der Waals surface area contributed by atoms with E-state index in [2.05, 4.69) is 35.9 Å². The molecule has 2 heterocycles.